The van der Waals surface area contributed by atoms with Gasteiger partial charge in [-0.25, -0.2) is 4.39 Å². The van der Waals surface area contributed by atoms with Gasteiger partial charge < -0.3 is 15.8 Å². The van der Waals surface area contributed by atoms with Crippen molar-refractivity contribution in [2.24, 2.45) is 0 Å². The molecule has 21 heavy (non-hydrogen) atoms. The first-order valence-corrected chi connectivity index (χ1v) is 7.02. The van der Waals surface area contributed by atoms with Crippen molar-refractivity contribution >= 4 is 27.3 Å². The van der Waals surface area contributed by atoms with Gasteiger partial charge in [-0.05, 0) is 40.2 Å². The minimum Gasteiger partial charge on any atom is -0.490 e. The van der Waals surface area contributed by atoms with Crippen LogP contribution in [-0.2, 0) is 0 Å². The SMILES string of the molecule is N#Cc1ccc(NCCOc2ccccc2N)c(F)c1Br. The van der Waals surface area contributed by atoms with Gasteiger partial charge in [0.25, 0.3) is 0 Å². The van der Waals surface area contributed by atoms with Crippen LogP contribution in [0.3, 0.4) is 0 Å². The number of ether oxygens (including phenoxy) is 1. The number of rotatable bonds is 5. The number of anilines is 2. The maximum absolute atomic E-state index is 13.9. The molecule has 0 fully saturated rings. The minimum atomic E-state index is -0.492. The zero-order chi connectivity index (χ0) is 15.2. The standard InChI is InChI=1S/C15H13BrFN3O/c16-14-10(9-18)5-6-12(15(14)17)20-7-8-21-13-4-2-1-3-11(13)19/h1-6,20H,7-8,19H2. The van der Waals surface area contributed by atoms with E-state index in [0.29, 0.717) is 30.3 Å². The highest BCUT2D eigenvalue weighted by Crippen LogP contribution is 2.26. The Balaban J connectivity index is 1.91. The lowest BCUT2D eigenvalue weighted by Crippen LogP contribution is -2.13. The summed E-state index contributed by atoms with van der Waals surface area (Å²) in [5, 5.41) is 11.7. The number of nitrogens with one attached hydrogen (secondary N) is 1. The Bertz CT molecular complexity index is 685. The highest BCUT2D eigenvalue weighted by atomic mass is 79.9. The fourth-order valence-corrected chi connectivity index (χ4v) is 2.17. The fraction of sp³-hybridized carbons (Fsp3) is 0.133. The van der Waals surface area contributed by atoms with Crippen LogP contribution in [0.1, 0.15) is 5.56 Å². The summed E-state index contributed by atoms with van der Waals surface area (Å²) in [4.78, 5) is 0. The number of nitrogens with two attached hydrogens (primary N) is 1. The number of hydrogen-bond donors (Lipinski definition) is 2. The van der Waals surface area contributed by atoms with Gasteiger partial charge in [0, 0.05) is 6.54 Å². The van der Waals surface area contributed by atoms with E-state index >= 15 is 0 Å². The van der Waals surface area contributed by atoms with Crippen LogP contribution in [0.5, 0.6) is 5.75 Å². The molecule has 2 aromatic carbocycles. The second kappa shape index (κ2) is 6.95. The van der Waals surface area contributed by atoms with Crippen molar-refractivity contribution in [3.8, 4) is 11.8 Å². The Kier molecular flexibility index (Phi) is 5.01. The summed E-state index contributed by atoms with van der Waals surface area (Å²) >= 11 is 3.06. The summed E-state index contributed by atoms with van der Waals surface area (Å²) in [5.74, 6) is 0.106. The van der Waals surface area contributed by atoms with E-state index in [2.05, 4.69) is 21.2 Å². The topological polar surface area (TPSA) is 71.1 Å². The lowest BCUT2D eigenvalue weighted by atomic mass is 10.2. The molecule has 2 rings (SSSR count). The number of nitriles is 1. The molecule has 0 bridgehead atoms. The Morgan fingerprint density at radius 1 is 1.29 bits per heavy atom. The fourth-order valence-electron chi connectivity index (χ4n) is 1.73. The summed E-state index contributed by atoms with van der Waals surface area (Å²) in [7, 11) is 0. The number of halogens is 2. The van der Waals surface area contributed by atoms with Gasteiger partial charge in [-0.15, -0.1) is 0 Å². The maximum atomic E-state index is 13.9. The van der Waals surface area contributed by atoms with Gasteiger partial charge in [-0.3, -0.25) is 0 Å². The van der Waals surface area contributed by atoms with Crippen molar-refractivity contribution < 1.29 is 9.13 Å². The van der Waals surface area contributed by atoms with E-state index in [-0.39, 0.29) is 10.0 Å². The molecule has 2 aromatic rings. The molecule has 0 saturated carbocycles. The summed E-state index contributed by atoms with van der Waals surface area (Å²) in [6.45, 7) is 0.745. The number of para-hydroxylation sites is 2. The van der Waals surface area contributed by atoms with Gasteiger partial charge in [0.1, 0.15) is 18.4 Å². The smallest absolute Gasteiger partial charge is 0.161 e. The van der Waals surface area contributed by atoms with Crippen molar-refractivity contribution in [3.63, 3.8) is 0 Å². The number of nitrogen functional groups attached to an aromatic ring is 1. The van der Waals surface area contributed by atoms with Crippen molar-refractivity contribution in [3.05, 3.63) is 52.3 Å². The highest BCUT2D eigenvalue weighted by molar-refractivity contribution is 9.10. The first kappa shape index (κ1) is 15.1. The van der Waals surface area contributed by atoms with Gasteiger partial charge >= 0.3 is 0 Å². The molecule has 0 aliphatic carbocycles. The first-order valence-electron chi connectivity index (χ1n) is 6.22. The minimum absolute atomic E-state index is 0.156. The van der Waals surface area contributed by atoms with E-state index in [0.717, 1.165) is 0 Å². The van der Waals surface area contributed by atoms with E-state index in [4.69, 9.17) is 15.7 Å². The predicted octanol–water partition coefficient (Wildman–Crippen LogP) is 3.53. The molecule has 3 N–H and O–H groups in total. The van der Waals surface area contributed by atoms with Crippen LogP contribution in [0.25, 0.3) is 0 Å². The Morgan fingerprint density at radius 3 is 2.76 bits per heavy atom. The van der Waals surface area contributed by atoms with Crippen LogP contribution in [0.15, 0.2) is 40.9 Å². The van der Waals surface area contributed by atoms with E-state index in [1.54, 1.807) is 18.2 Å². The maximum Gasteiger partial charge on any atom is 0.161 e. The Morgan fingerprint density at radius 2 is 2.05 bits per heavy atom. The van der Waals surface area contributed by atoms with Crippen LogP contribution in [-0.4, -0.2) is 13.2 Å². The molecule has 0 heterocycles. The van der Waals surface area contributed by atoms with Crippen LogP contribution in [0.4, 0.5) is 15.8 Å². The first-order chi connectivity index (χ1) is 10.1. The monoisotopic (exact) mass is 349 g/mol. The van der Waals surface area contributed by atoms with E-state index in [1.165, 1.54) is 6.07 Å². The third-order valence-corrected chi connectivity index (χ3v) is 3.57. The predicted molar refractivity (Wildman–Crippen MR) is 83.7 cm³/mol. The van der Waals surface area contributed by atoms with Crippen molar-refractivity contribution in [2.75, 3.05) is 24.2 Å². The molecule has 0 radical (unpaired) electrons. The summed E-state index contributed by atoms with van der Waals surface area (Å²) < 4.78 is 19.6. The van der Waals surface area contributed by atoms with Crippen molar-refractivity contribution in [1.29, 1.82) is 5.26 Å². The van der Waals surface area contributed by atoms with E-state index in [9.17, 15) is 4.39 Å². The Labute approximate surface area is 130 Å². The highest BCUT2D eigenvalue weighted by Gasteiger charge is 2.10. The zero-order valence-electron chi connectivity index (χ0n) is 11.1. The van der Waals surface area contributed by atoms with Crippen LogP contribution in [0, 0.1) is 17.1 Å². The lowest BCUT2D eigenvalue weighted by Gasteiger charge is -2.11. The van der Waals surface area contributed by atoms with Crippen LogP contribution >= 0.6 is 15.9 Å². The zero-order valence-corrected chi connectivity index (χ0v) is 12.7. The number of benzene rings is 2. The third kappa shape index (κ3) is 3.64. The van der Waals surface area contributed by atoms with Gasteiger partial charge in [0.05, 0.1) is 21.4 Å². The molecule has 0 amide bonds. The molecule has 6 heteroatoms. The second-order valence-electron chi connectivity index (χ2n) is 4.21. The van der Waals surface area contributed by atoms with E-state index in [1.807, 2.05) is 18.2 Å². The number of hydrogen-bond acceptors (Lipinski definition) is 4. The molecule has 4 nitrogen and oxygen atoms in total. The molecule has 0 saturated heterocycles. The lowest BCUT2D eigenvalue weighted by molar-refractivity contribution is 0.334. The molecule has 0 spiro atoms. The molecular formula is C15H13BrFN3O. The van der Waals surface area contributed by atoms with E-state index < -0.39 is 5.82 Å². The molecule has 0 atom stereocenters. The molecule has 0 aliphatic heterocycles. The average molecular weight is 350 g/mol. The van der Waals surface area contributed by atoms with Crippen molar-refractivity contribution in [1.82, 2.24) is 0 Å². The van der Waals surface area contributed by atoms with Crippen LogP contribution < -0.4 is 15.8 Å². The van der Waals surface area contributed by atoms with Crippen molar-refractivity contribution in [2.45, 2.75) is 0 Å². The van der Waals surface area contributed by atoms with Gasteiger partial charge in [0.2, 0.25) is 0 Å². The second-order valence-corrected chi connectivity index (χ2v) is 5.01. The van der Waals surface area contributed by atoms with Gasteiger partial charge in [-0.2, -0.15) is 5.26 Å². The van der Waals surface area contributed by atoms with Gasteiger partial charge in [-0.1, -0.05) is 12.1 Å². The third-order valence-electron chi connectivity index (χ3n) is 2.80. The largest absolute Gasteiger partial charge is 0.490 e. The normalized spacial score (nSPS) is 9.95. The molecule has 0 unspecified atom stereocenters. The molecule has 0 aliphatic rings. The summed E-state index contributed by atoms with van der Waals surface area (Å²) in [5.41, 5.74) is 6.87. The number of nitrogens with zero attached hydrogens (tertiary/aromatic N) is 1. The molecular weight excluding hydrogens is 337 g/mol. The Hall–Kier alpha value is -2.26. The summed E-state index contributed by atoms with van der Waals surface area (Å²) in [6.07, 6.45) is 0. The quantitative estimate of drug-likeness (QED) is 0.639. The van der Waals surface area contributed by atoms with Gasteiger partial charge in [0.15, 0.2) is 5.82 Å². The molecule has 0 aromatic heterocycles. The average Bonchev–Trinajstić information content (AvgIpc) is 2.49. The van der Waals surface area contributed by atoms with Crippen LogP contribution in [0.2, 0.25) is 0 Å². The summed E-state index contributed by atoms with van der Waals surface area (Å²) in [6, 6.07) is 12.2. The molecule has 108 valence electrons.